The quantitative estimate of drug-likeness (QED) is 0.712. The lowest BCUT2D eigenvalue weighted by molar-refractivity contribution is -0.0746. The third-order valence-corrected chi connectivity index (χ3v) is 2.82. The molecule has 0 aromatic carbocycles. The van der Waals surface area contributed by atoms with Crippen LogP contribution >= 0.6 is 0 Å². The van der Waals surface area contributed by atoms with Gasteiger partial charge in [-0.15, -0.1) is 0 Å². The van der Waals surface area contributed by atoms with Crippen LogP contribution in [0.4, 0.5) is 0 Å². The summed E-state index contributed by atoms with van der Waals surface area (Å²) in [6, 6.07) is 0. The minimum Gasteiger partial charge on any atom is -0.390 e. The Labute approximate surface area is 93.8 Å². The van der Waals surface area contributed by atoms with Crippen molar-refractivity contribution in [2.24, 2.45) is 5.41 Å². The summed E-state index contributed by atoms with van der Waals surface area (Å²) in [6.45, 7) is 11.1. The number of ether oxygens (including phenoxy) is 2. The maximum absolute atomic E-state index is 9.99. The first-order valence-corrected chi connectivity index (χ1v) is 5.56. The van der Waals surface area contributed by atoms with Gasteiger partial charge in [0.25, 0.3) is 0 Å². The Morgan fingerprint density at radius 3 is 2.13 bits per heavy atom. The Balaban J connectivity index is 4.26. The van der Waals surface area contributed by atoms with Gasteiger partial charge in [-0.3, -0.25) is 0 Å². The Bertz CT molecular complexity index is 176. The maximum atomic E-state index is 9.99. The molecule has 0 bridgehead atoms. The van der Waals surface area contributed by atoms with Crippen LogP contribution in [0.15, 0.2) is 0 Å². The van der Waals surface area contributed by atoms with E-state index in [0.717, 1.165) is 6.42 Å². The summed E-state index contributed by atoms with van der Waals surface area (Å²) in [5.74, 6) is 0. The first-order chi connectivity index (χ1) is 6.75. The van der Waals surface area contributed by atoms with Crippen LogP contribution in [0.2, 0.25) is 0 Å². The Morgan fingerprint density at radius 2 is 1.73 bits per heavy atom. The van der Waals surface area contributed by atoms with Crippen molar-refractivity contribution in [3.63, 3.8) is 0 Å². The standard InChI is InChI=1S/C12H26O3/c1-7-15-8-10(13)11(2,3)9-12(4,5)14-6/h10,13H,7-9H2,1-6H3/t10-/m0/s1. The molecule has 0 radical (unpaired) electrons. The molecule has 3 heteroatoms. The normalized spacial score (nSPS) is 15.4. The molecule has 0 aromatic rings. The lowest BCUT2D eigenvalue weighted by atomic mass is 9.77. The van der Waals surface area contributed by atoms with Crippen molar-refractivity contribution in [2.75, 3.05) is 20.3 Å². The van der Waals surface area contributed by atoms with E-state index in [0.29, 0.717) is 13.2 Å². The smallest absolute Gasteiger partial charge is 0.0825 e. The molecule has 3 nitrogen and oxygen atoms in total. The highest BCUT2D eigenvalue weighted by molar-refractivity contribution is 4.85. The third-order valence-electron chi connectivity index (χ3n) is 2.82. The summed E-state index contributed by atoms with van der Waals surface area (Å²) < 4.78 is 10.6. The fourth-order valence-corrected chi connectivity index (χ4v) is 1.74. The van der Waals surface area contributed by atoms with E-state index in [1.165, 1.54) is 0 Å². The molecule has 0 saturated heterocycles. The van der Waals surface area contributed by atoms with Crippen LogP contribution in [-0.4, -0.2) is 37.1 Å². The molecule has 0 heterocycles. The Kier molecular flexibility index (Phi) is 5.78. The molecular weight excluding hydrogens is 192 g/mol. The zero-order chi connectivity index (χ0) is 12.1. The van der Waals surface area contributed by atoms with E-state index in [-0.39, 0.29) is 11.0 Å². The monoisotopic (exact) mass is 218 g/mol. The van der Waals surface area contributed by atoms with Gasteiger partial charge in [-0.25, -0.2) is 0 Å². The van der Waals surface area contributed by atoms with Gasteiger partial charge in [0.1, 0.15) is 0 Å². The summed E-state index contributed by atoms with van der Waals surface area (Å²) in [6.07, 6.45) is 0.344. The fourth-order valence-electron chi connectivity index (χ4n) is 1.74. The van der Waals surface area contributed by atoms with Crippen molar-refractivity contribution in [3.05, 3.63) is 0 Å². The van der Waals surface area contributed by atoms with Crippen molar-refractivity contribution < 1.29 is 14.6 Å². The van der Waals surface area contributed by atoms with Crippen molar-refractivity contribution in [2.45, 2.75) is 52.7 Å². The zero-order valence-corrected chi connectivity index (χ0v) is 11.0. The van der Waals surface area contributed by atoms with Gasteiger partial charge in [-0.2, -0.15) is 0 Å². The molecule has 0 saturated carbocycles. The van der Waals surface area contributed by atoms with Gasteiger partial charge in [0.2, 0.25) is 0 Å². The first-order valence-electron chi connectivity index (χ1n) is 5.56. The summed E-state index contributed by atoms with van der Waals surface area (Å²) in [4.78, 5) is 0. The zero-order valence-electron chi connectivity index (χ0n) is 11.0. The van der Waals surface area contributed by atoms with Crippen molar-refractivity contribution in [3.8, 4) is 0 Å². The van der Waals surface area contributed by atoms with Crippen LogP contribution in [0, 0.1) is 5.41 Å². The van der Waals surface area contributed by atoms with E-state index in [1.54, 1.807) is 7.11 Å². The molecule has 1 atom stereocenters. The lowest BCUT2D eigenvalue weighted by Gasteiger charge is -2.37. The molecular formula is C12H26O3. The van der Waals surface area contributed by atoms with Crippen LogP contribution in [0.25, 0.3) is 0 Å². The molecule has 0 aliphatic carbocycles. The third kappa shape index (κ3) is 5.50. The minimum absolute atomic E-state index is 0.200. The highest BCUT2D eigenvalue weighted by Crippen LogP contribution is 2.33. The second-order valence-electron chi connectivity index (χ2n) is 5.30. The van der Waals surface area contributed by atoms with Crippen LogP contribution in [-0.2, 0) is 9.47 Å². The summed E-state index contributed by atoms with van der Waals surface area (Å²) in [5, 5.41) is 9.99. The SMILES string of the molecule is CCOC[C@H](O)C(C)(C)CC(C)(C)OC. The summed E-state index contributed by atoms with van der Waals surface area (Å²) >= 11 is 0. The van der Waals surface area contributed by atoms with Gasteiger partial charge >= 0.3 is 0 Å². The predicted molar refractivity (Wildman–Crippen MR) is 62.0 cm³/mol. The highest BCUT2D eigenvalue weighted by atomic mass is 16.5. The molecule has 0 unspecified atom stereocenters. The molecule has 15 heavy (non-hydrogen) atoms. The number of aliphatic hydroxyl groups is 1. The number of aliphatic hydroxyl groups excluding tert-OH is 1. The van der Waals surface area contributed by atoms with Gasteiger partial charge in [0.05, 0.1) is 18.3 Å². The number of methoxy groups -OCH3 is 1. The Hall–Kier alpha value is -0.120. The molecule has 0 aliphatic rings. The van der Waals surface area contributed by atoms with Crippen LogP contribution < -0.4 is 0 Å². The molecule has 0 amide bonds. The molecule has 0 spiro atoms. The predicted octanol–water partition coefficient (Wildman–Crippen LogP) is 2.23. The molecule has 0 aliphatic heterocycles. The number of rotatable bonds is 7. The summed E-state index contributed by atoms with van der Waals surface area (Å²) in [5.41, 5.74) is -0.411. The minimum atomic E-state index is -0.452. The van der Waals surface area contributed by atoms with E-state index in [4.69, 9.17) is 9.47 Å². The van der Waals surface area contributed by atoms with Gasteiger partial charge in [0.15, 0.2) is 0 Å². The Morgan fingerprint density at radius 1 is 1.20 bits per heavy atom. The fraction of sp³-hybridized carbons (Fsp3) is 1.00. The van der Waals surface area contributed by atoms with Crippen LogP contribution in [0.1, 0.15) is 41.0 Å². The summed E-state index contributed by atoms with van der Waals surface area (Å²) in [7, 11) is 1.70. The van der Waals surface area contributed by atoms with E-state index < -0.39 is 6.10 Å². The van der Waals surface area contributed by atoms with E-state index in [1.807, 2.05) is 34.6 Å². The maximum Gasteiger partial charge on any atom is 0.0825 e. The number of hydrogen-bond acceptors (Lipinski definition) is 3. The van der Waals surface area contributed by atoms with Crippen molar-refractivity contribution >= 4 is 0 Å². The lowest BCUT2D eigenvalue weighted by Crippen LogP contribution is -2.40. The second-order valence-corrected chi connectivity index (χ2v) is 5.30. The van der Waals surface area contributed by atoms with Crippen LogP contribution in [0.3, 0.4) is 0 Å². The average molecular weight is 218 g/mol. The molecule has 0 rings (SSSR count). The molecule has 92 valence electrons. The van der Waals surface area contributed by atoms with Crippen molar-refractivity contribution in [1.29, 1.82) is 0 Å². The number of hydrogen-bond donors (Lipinski definition) is 1. The largest absolute Gasteiger partial charge is 0.390 e. The first kappa shape index (κ1) is 14.9. The van der Waals surface area contributed by atoms with E-state index in [9.17, 15) is 5.11 Å². The molecule has 0 aromatic heterocycles. The molecule has 1 N–H and O–H groups in total. The second kappa shape index (κ2) is 5.83. The highest BCUT2D eigenvalue weighted by Gasteiger charge is 2.34. The van der Waals surface area contributed by atoms with Gasteiger partial charge < -0.3 is 14.6 Å². The average Bonchev–Trinajstić information content (AvgIpc) is 2.12. The van der Waals surface area contributed by atoms with E-state index >= 15 is 0 Å². The van der Waals surface area contributed by atoms with Crippen LogP contribution in [0.5, 0.6) is 0 Å². The van der Waals surface area contributed by atoms with E-state index in [2.05, 4.69) is 0 Å². The van der Waals surface area contributed by atoms with Crippen molar-refractivity contribution in [1.82, 2.24) is 0 Å². The topological polar surface area (TPSA) is 38.7 Å². The van der Waals surface area contributed by atoms with Gasteiger partial charge in [0, 0.05) is 13.7 Å². The van der Waals surface area contributed by atoms with Gasteiger partial charge in [-0.05, 0) is 32.6 Å². The van der Waals surface area contributed by atoms with Gasteiger partial charge in [-0.1, -0.05) is 13.8 Å². The molecule has 0 fully saturated rings.